The summed E-state index contributed by atoms with van der Waals surface area (Å²) in [6.07, 6.45) is -0.0320. The van der Waals surface area contributed by atoms with Crippen molar-refractivity contribution in [2.45, 2.75) is 22.5 Å². The lowest BCUT2D eigenvalue weighted by atomic mass is 9.85. The van der Waals surface area contributed by atoms with Crippen molar-refractivity contribution in [1.82, 2.24) is 0 Å². The lowest BCUT2D eigenvalue weighted by Gasteiger charge is -2.38. The molecule has 0 fully saturated rings. The van der Waals surface area contributed by atoms with Gasteiger partial charge in [-0.15, -0.1) is 0 Å². The lowest BCUT2D eigenvalue weighted by Crippen LogP contribution is -2.43. The Morgan fingerprint density at radius 3 is 2.28 bits per heavy atom. The number of hydrogen-bond acceptors (Lipinski definition) is 3. The molecule has 0 radical (unpaired) electrons. The van der Waals surface area contributed by atoms with Crippen LogP contribution in [-0.4, -0.2) is 15.0 Å². The Morgan fingerprint density at radius 2 is 1.59 bits per heavy atom. The van der Waals surface area contributed by atoms with E-state index in [1.807, 2.05) is 6.07 Å². The van der Waals surface area contributed by atoms with Crippen LogP contribution in [0.3, 0.4) is 0 Å². The lowest BCUT2D eigenvalue weighted by molar-refractivity contribution is 0.232. The Hall–Kier alpha value is -2.44. The van der Waals surface area contributed by atoms with E-state index in [9.17, 15) is 12.8 Å². The minimum absolute atomic E-state index is 0.00524. The Bertz CT molecular complexity index is 1150. The highest BCUT2D eigenvalue weighted by Gasteiger charge is 2.52. The number of sulfone groups is 1. The first-order valence-electron chi connectivity index (χ1n) is 9.00. The first-order chi connectivity index (χ1) is 13.8. The number of benzene rings is 3. The van der Waals surface area contributed by atoms with Gasteiger partial charge in [0.2, 0.25) is 0 Å². The molecule has 3 aromatic rings. The normalized spacial score (nSPS) is 18.7. The van der Waals surface area contributed by atoms with Gasteiger partial charge in [0, 0.05) is 11.4 Å². The Labute approximate surface area is 172 Å². The first kappa shape index (κ1) is 19.9. The molecular formula is C22H17ClF2O3S. The largest absolute Gasteiger partial charge is 0.490 e. The maximum Gasteiger partial charge on any atom is 0.188 e. The summed E-state index contributed by atoms with van der Waals surface area (Å²) >= 11 is 5.91. The van der Waals surface area contributed by atoms with E-state index < -0.39 is 26.2 Å². The molecule has 3 nitrogen and oxygen atoms in total. The molecule has 0 N–H and O–H groups in total. The van der Waals surface area contributed by atoms with Gasteiger partial charge in [-0.3, -0.25) is 0 Å². The van der Waals surface area contributed by atoms with Crippen LogP contribution in [0.25, 0.3) is 0 Å². The number of hydrogen-bond donors (Lipinski definition) is 0. The third kappa shape index (κ3) is 3.30. The second kappa shape index (κ2) is 7.43. The molecule has 0 aromatic heterocycles. The minimum Gasteiger partial charge on any atom is -0.490 e. The molecule has 0 saturated carbocycles. The Balaban J connectivity index is 2.01. The molecule has 29 heavy (non-hydrogen) atoms. The predicted octanol–water partition coefficient (Wildman–Crippen LogP) is 5.31. The molecule has 4 rings (SSSR count). The molecule has 0 aliphatic carbocycles. The van der Waals surface area contributed by atoms with Gasteiger partial charge in [-0.25, -0.2) is 17.2 Å². The van der Waals surface area contributed by atoms with Crippen molar-refractivity contribution in [3.63, 3.8) is 0 Å². The van der Waals surface area contributed by atoms with Crippen LogP contribution >= 0.6 is 11.6 Å². The fraction of sp³-hybridized carbons (Fsp3) is 0.182. The molecular weight excluding hydrogens is 418 g/mol. The molecule has 3 aromatic carbocycles. The fourth-order valence-corrected chi connectivity index (χ4v) is 6.09. The predicted molar refractivity (Wildman–Crippen MR) is 107 cm³/mol. The smallest absolute Gasteiger partial charge is 0.188 e. The van der Waals surface area contributed by atoms with Gasteiger partial charge in [0.1, 0.15) is 10.6 Å². The summed E-state index contributed by atoms with van der Waals surface area (Å²) in [5, 5.41) is 0.380. The maximum absolute atomic E-state index is 15.0. The molecule has 1 aliphatic heterocycles. The van der Waals surface area contributed by atoms with Crippen LogP contribution in [0.5, 0.6) is 5.75 Å². The molecule has 0 amide bonds. The number of fused-ring (bicyclic) bond motifs is 1. The van der Waals surface area contributed by atoms with E-state index >= 15 is 4.39 Å². The number of halogens is 3. The quantitative estimate of drug-likeness (QED) is 0.558. The maximum atomic E-state index is 15.0. The van der Waals surface area contributed by atoms with E-state index in [4.69, 9.17) is 16.3 Å². The molecule has 0 bridgehead atoms. The molecule has 0 spiro atoms. The van der Waals surface area contributed by atoms with Crippen LogP contribution in [0.1, 0.15) is 17.5 Å². The van der Waals surface area contributed by atoms with Gasteiger partial charge in [0.15, 0.2) is 21.4 Å². The Kier molecular flexibility index (Phi) is 5.09. The summed E-state index contributed by atoms with van der Waals surface area (Å²) in [6.45, 7) is -0.0486. The van der Waals surface area contributed by atoms with Crippen LogP contribution in [0.4, 0.5) is 8.78 Å². The zero-order chi connectivity index (χ0) is 20.6. The van der Waals surface area contributed by atoms with Crippen molar-refractivity contribution in [3.05, 3.63) is 94.5 Å². The molecule has 1 heterocycles. The number of ether oxygens (including phenoxy) is 1. The van der Waals surface area contributed by atoms with Crippen LogP contribution in [0.2, 0.25) is 5.02 Å². The monoisotopic (exact) mass is 434 g/mol. The summed E-state index contributed by atoms with van der Waals surface area (Å²) in [5.74, 6) is -1.94. The van der Waals surface area contributed by atoms with Crippen LogP contribution in [0.15, 0.2) is 71.6 Å². The van der Waals surface area contributed by atoms with E-state index in [1.165, 1.54) is 24.3 Å². The summed E-state index contributed by atoms with van der Waals surface area (Å²) in [7, 11) is -4.14. The minimum atomic E-state index is -4.14. The molecule has 7 heteroatoms. The highest BCUT2D eigenvalue weighted by Crippen LogP contribution is 2.49. The highest BCUT2D eigenvalue weighted by atomic mass is 35.5. The number of rotatable bonds is 4. The van der Waals surface area contributed by atoms with E-state index in [1.54, 1.807) is 24.3 Å². The van der Waals surface area contributed by atoms with Crippen molar-refractivity contribution >= 4 is 21.4 Å². The van der Waals surface area contributed by atoms with Gasteiger partial charge in [-0.1, -0.05) is 41.9 Å². The molecule has 1 unspecified atom stereocenters. The topological polar surface area (TPSA) is 43.4 Å². The second-order valence-electron chi connectivity index (χ2n) is 6.95. The van der Waals surface area contributed by atoms with Crippen LogP contribution in [-0.2, 0) is 21.0 Å². The summed E-state index contributed by atoms with van der Waals surface area (Å²) in [6, 6.07) is 16.5. The van der Waals surface area contributed by atoms with E-state index in [0.29, 0.717) is 10.6 Å². The summed E-state index contributed by atoms with van der Waals surface area (Å²) < 4.78 is 60.9. The van der Waals surface area contributed by atoms with Crippen LogP contribution < -0.4 is 4.74 Å². The first-order valence-corrected chi connectivity index (χ1v) is 10.9. The highest BCUT2D eigenvalue weighted by molar-refractivity contribution is 7.92. The zero-order valence-corrected chi connectivity index (χ0v) is 16.8. The molecule has 0 saturated heterocycles. The standard InChI is InChI=1S/C22H17ClF2O3S/c23-16-6-8-17(9-7-16)29(26,27)22(14-15-4-2-1-3-5-15)12-13-28-21-19(25)11-10-18(24)20(21)22/h1-11H,12-14H2. The van der Waals surface area contributed by atoms with Crippen molar-refractivity contribution in [1.29, 1.82) is 0 Å². The Morgan fingerprint density at radius 1 is 0.931 bits per heavy atom. The van der Waals surface area contributed by atoms with Gasteiger partial charge < -0.3 is 4.74 Å². The fourth-order valence-electron chi connectivity index (χ4n) is 3.85. The van der Waals surface area contributed by atoms with E-state index in [2.05, 4.69) is 0 Å². The van der Waals surface area contributed by atoms with Gasteiger partial charge in [-0.2, -0.15) is 0 Å². The third-order valence-corrected chi connectivity index (χ3v) is 7.96. The van der Waals surface area contributed by atoms with Crippen molar-refractivity contribution in [2.24, 2.45) is 0 Å². The molecule has 150 valence electrons. The van der Waals surface area contributed by atoms with Crippen molar-refractivity contribution < 1.29 is 21.9 Å². The summed E-state index contributed by atoms with van der Waals surface area (Å²) in [5.41, 5.74) is 0.434. The van der Waals surface area contributed by atoms with Crippen LogP contribution in [0, 0.1) is 11.6 Å². The van der Waals surface area contributed by atoms with Gasteiger partial charge in [0.25, 0.3) is 0 Å². The van der Waals surface area contributed by atoms with Gasteiger partial charge in [0.05, 0.1) is 17.1 Å². The summed E-state index contributed by atoms with van der Waals surface area (Å²) in [4.78, 5) is -0.00524. The third-order valence-electron chi connectivity index (χ3n) is 5.24. The zero-order valence-electron chi connectivity index (χ0n) is 15.2. The van der Waals surface area contributed by atoms with E-state index in [-0.39, 0.29) is 35.7 Å². The van der Waals surface area contributed by atoms with E-state index in [0.717, 1.165) is 12.1 Å². The average Bonchev–Trinajstić information content (AvgIpc) is 2.72. The van der Waals surface area contributed by atoms with Gasteiger partial charge in [-0.05, 0) is 48.4 Å². The second-order valence-corrected chi connectivity index (χ2v) is 9.64. The van der Waals surface area contributed by atoms with Crippen molar-refractivity contribution in [2.75, 3.05) is 6.61 Å². The SMILES string of the molecule is O=S(=O)(c1ccc(Cl)cc1)C1(Cc2ccccc2)CCOc2c(F)ccc(F)c21. The molecule has 1 aliphatic rings. The van der Waals surface area contributed by atoms with Gasteiger partial charge >= 0.3 is 0 Å². The molecule has 1 atom stereocenters. The average molecular weight is 435 g/mol. The van der Waals surface area contributed by atoms with Crippen molar-refractivity contribution in [3.8, 4) is 5.75 Å².